The van der Waals surface area contributed by atoms with Gasteiger partial charge in [-0.1, -0.05) is 32.0 Å². The molecule has 0 unspecified atom stereocenters. The van der Waals surface area contributed by atoms with E-state index >= 15 is 0 Å². The molecule has 2 rings (SSSR count). The first-order valence-corrected chi connectivity index (χ1v) is 5.32. The lowest BCUT2D eigenvalue weighted by Crippen LogP contribution is -1.95. The van der Waals surface area contributed by atoms with Crippen LogP contribution in [0.4, 0.5) is 0 Å². The van der Waals surface area contributed by atoms with Crippen LogP contribution < -0.4 is 4.74 Å². The van der Waals surface area contributed by atoms with E-state index in [9.17, 15) is 0 Å². The van der Waals surface area contributed by atoms with Crippen molar-refractivity contribution in [1.29, 1.82) is 0 Å². The summed E-state index contributed by atoms with van der Waals surface area (Å²) in [4.78, 5) is 0. The van der Waals surface area contributed by atoms with Crippen molar-refractivity contribution in [3.63, 3.8) is 0 Å². The average molecular weight is 214 g/mol. The summed E-state index contributed by atoms with van der Waals surface area (Å²) in [5, 5.41) is 7.68. The number of rotatable bonds is 3. The minimum Gasteiger partial charge on any atom is -0.437 e. The van der Waals surface area contributed by atoms with Gasteiger partial charge in [0.1, 0.15) is 5.75 Å². The summed E-state index contributed by atoms with van der Waals surface area (Å²) in [6.45, 7) is 4.28. The van der Waals surface area contributed by atoms with Gasteiger partial charge < -0.3 is 4.74 Å². The smallest absolute Gasteiger partial charge is 0.238 e. The van der Waals surface area contributed by atoms with Crippen LogP contribution >= 0.6 is 0 Å². The average Bonchev–Trinajstić information content (AvgIpc) is 2.31. The Morgan fingerprint density at radius 3 is 2.56 bits per heavy atom. The van der Waals surface area contributed by atoms with Crippen LogP contribution in [0.1, 0.15) is 25.3 Å². The molecule has 16 heavy (non-hydrogen) atoms. The fourth-order valence-corrected chi connectivity index (χ4v) is 1.50. The molecule has 0 aliphatic carbocycles. The normalized spacial score (nSPS) is 10.4. The first-order chi connectivity index (χ1) is 7.77. The van der Waals surface area contributed by atoms with Gasteiger partial charge in [-0.05, 0) is 23.6 Å². The highest BCUT2D eigenvalue weighted by molar-refractivity contribution is 5.37. The van der Waals surface area contributed by atoms with Crippen LogP contribution in [0, 0.1) is 0 Å². The fraction of sp³-hybridized carbons (Fsp3) is 0.231. The highest BCUT2D eigenvalue weighted by Gasteiger charge is 2.07. The number of nitrogens with zero attached hydrogens (tertiary/aromatic N) is 2. The third-order valence-electron chi connectivity index (χ3n) is 2.30. The lowest BCUT2D eigenvalue weighted by molar-refractivity contribution is 0.447. The van der Waals surface area contributed by atoms with E-state index in [2.05, 4.69) is 30.1 Å². The van der Waals surface area contributed by atoms with Crippen LogP contribution in [0.5, 0.6) is 11.6 Å². The first-order valence-electron chi connectivity index (χ1n) is 5.32. The minimum atomic E-state index is 0.424. The molecule has 0 bridgehead atoms. The number of aromatic nitrogens is 2. The molecule has 0 fully saturated rings. The molecule has 0 atom stereocenters. The summed E-state index contributed by atoms with van der Waals surface area (Å²) in [6, 6.07) is 11.6. The fourth-order valence-electron chi connectivity index (χ4n) is 1.50. The van der Waals surface area contributed by atoms with Crippen LogP contribution in [0.15, 0.2) is 42.6 Å². The zero-order valence-electron chi connectivity index (χ0n) is 9.42. The van der Waals surface area contributed by atoms with Gasteiger partial charge in [-0.25, -0.2) is 0 Å². The maximum atomic E-state index is 5.70. The zero-order chi connectivity index (χ0) is 11.4. The zero-order valence-corrected chi connectivity index (χ0v) is 9.42. The molecule has 2 aromatic rings. The first kappa shape index (κ1) is 10.6. The maximum Gasteiger partial charge on any atom is 0.238 e. The van der Waals surface area contributed by atoms with E-state index in [0.717, 1.165) is 5.75 Å². The van der Waals surface area contributed by atoms with E-state index in [1.807, 2.05) is 18.2 Å². The Bertz CT molecular complexity index is 454. The van der Waals surface area contributed by atoms with Crippen molar-refractivity contribution < 1.29 is 4.74 Å². The van der Waals surface area contributed by atoms with Crippen molar-refractivity contribution in [3.05, 3.63) is 48.2 Å². The highest BCUT2D eigenvalue weighted by Crippen LogP contribution is 2.28. The van der Waals surface area contributed by atoms with E-state index in [-0.39, 0.29) is 0 Å². The number of hydrogen-bond donors (Lipinski definition) is 0. The molecule has 0 aliphatic rings. The molecular weight excluding hydrogens is 200 g/mol. The summed E-state index contributed by atoms with van der Waals surface area (Å²) in [5.41, 5.74) is 1.17. The molecule has 0 radical (unpaired) electrons. The monoisotopic (exact) mass is 214 g/mol. The largest absolute Gasteiger partial charge is 0.437 e. The molecule has 1 aromatic heterocycles. The number of para-hydroxylation sites is 1. The molecule has 0 spiro atoms. The Morgan fingerprint density at radius 1 is 1.06 bits per heavy atom. The second-order valence-corrected chi connectivity index (χ2v) is 3.86. The van der Waals surface area contributed by atoms with E-state index in [0.29, 0.717) is 11.8 Å². The predicted molar refractivity (Wildman–Crippen MR) is 62.6 cm³/mol. The number of ether oxygens (including phenoxy) is 1. The molecule has 0 amide bonds. The lowest BCUT2D eigenvalue weighted by Gasteiger charge is -2.12. The Labute approximate surface area is 95.1 Å². The molecule has 0 saturated carbocycles. The van der Waals surface area contributed by atoms with Crippen molar-refractivity contribution in [1.82, 2.24) is 10.2 Å². The molecule has 1 aromatic carbocycles. The summed E-state index contributed by atoms with van der Waals surface area (Å²) in [6.07, 6.45) is 1.63. The minimum absolute atomic E-state index is 0.424. The molecule has 0 saturated heterocycles. The van der Waals surface area contributed by atoms with Crippen molar-refractivity contribution in [2.45, 2.75) is 19.8 Å². The Balaban J connectivity index is 2.28. The Kier molecular flexibility index (Phi) is 3.15. The highest BCUT2D eigenvalue weighted by atomic mass is 16.5. The van der Waals surface area contributed by atoms with Gasteiger partial charge in [0.05, 0.1) is 0 Å². The van der Waals surface area contributed by atoms with Crippen molar-refractivity contribution in [3.8, 4) is 11.6 Å². The topological polar surface area (TPSA) is 35.0 Å². The van der Waals surface area contributed by atoms with Gasteiger partial charge in [0.2, 0.25) is 5.88 Å². The maximum absolute atomic E-state index is 5.70. The van der Waals surface area contributed by atoms with E-state index < -0.39 is 0 Å². The van der Waals surface area contributed by atoms with Gasteiger partial charge in [-0.15, -0.1) is 5.10 Å². The van der Waals surface area contributed by atoms with Crippen LogP contribution in [0.25, 0.3) is 0 Å². The number of hydrogen-bond acceptors (Lipinski definition) is 3. The predicted octanol–water partition coefficient (Wildman–Crippen LogP) is 3.39. The molecule has 82 valence electrons. The van der Waals surface area contributed by atoms with Crippen LogP contribution in [0.3, 0.4) is 0 Å². The second kappa shape index (κ2) is 4.75. The van der Waals surface area contributed by atoms with Gasteiger partial charge in [-0.2, -0.15) is 5.10 Å². The molecule has 0 aliphatic heterocycles. The van der Waals surface area contributed by atoms with Crippen LogP contribution in [0.2, 0.25) is 0 Å². The summed E-state index contributed by atoms with van der Waals surface area (Å²) >= 11 is 0. The summed E-state index contributed by atoms with van der Waals surface area (Å²) in [7, 11) is 0. The van der Waals surface area contributed by atoms with Gasteiger partial charge in [0, 0.05) is 12.3 Å². The van der Waals surface area contributed by atoms with E-state index in [1.54, 1.807) is 18.3 Å². The molecule has 0 N–H and O–H groups in total. The van der Waals surface area contributed by atoms with Crippen molar-refractivity contribution >= 4 is 0 Å². The molecule has 3 nitrogen and oxygen atoms in total. The summed E-state index contributed by atoms with van der Waals surface area (Å²) in [5.74, 6) is 1.79. The van der Waals surface area contributed by atoms with E-state index in [1.165, 1.54) is 5.56 Å². The third kappa shape index (κ3) is 2.37. The van der Waals surface area contributed by atoms with Crippen LogP contribution in [-0.4, -0.2) is 10.2 Å². The van der Waals surface area contributed by atoms with Gasteiger partial charge in [0.25, 0.3) is 0 Å². The quantitative estimate of drug-likeness (QED) is 0.785. The summed E-state index contributed by atoms with van der Waals surface area (Å²) < 4.78 is 5.70. The van der Waals surface area contributed by atoms with Gasteiger partial charge in [0.15, 0.2) is 0 Å². The standard InChI is InChI=1S/C13H14N2O/c1-10(2)11-6-3-4-7-12(11)16-13-8-5-9-14-15-13/h3-10H,1-2H3. The SMILES string of the molecule is CC(C)c1ccccc1Oc1cccnn1. The van der Waals surface area contributed by atoms with Crippen LogP contribution in [-0.2, 0) is 0 Å². The molecule has 1 heterocycles. The lowest BCUT2D eigenvalue weighted by atomic mass is 10.0. The third-order valence-corrected chi connectivity index (χ3v) is 2.30. The molecular formula is C13H14N2O. The number of benzene rings is 1. The molecule has 3 heteroatoms. The van der Waals surface area contributed by atoms with E-state index in [4.69, 9.17) is 4.74 Å². The van der Waals surface area contributed by atoms with Crippen molar-refractivity contribution in [2.75, 3.05) is 0 Å². The van der Waals surface area contributed by atoms with Crippen molar-refractivity contribution in [2.24, 2.45) is 0 Å². The van der Waals surface area contributed by atoms with Gasteiger partial charge in [-0.3, -0.25) is 0 Å². The second-order valence-electron chi connectivity index (χ2n) is 3.86. The Morgan fingerprint density at radius 2 is 1.88 bits per heavy atom. The Hall–Kier alpha value is -1.90. The van der Waals surface area contributed by atoms with Gasteiger partial charge >= 0.3 is 0 Å².